The lowest BCUT2D eigenvalue weighted by Gasteiger charge is -2.31. The third-order valence-electron chi connectivity index (χ3n) is 3.59. The Hall–Kier alpha value is -1.99. The molecule has 0 aliphatic carbocycles. The van der Waals surface area contributed by atoms with E-state index >= 15 is 0 Å². The molecule has 0 bridgehead atoms. The van der Waals surface area contributed by atoms with Crippen molar-refractivity contribution in [3.63, 3.8) is 0 Å². The zero-order chi connectivity index (χ0) is 14.4. The van der Waals surface area contributed by atoms with Crippen LogP contribution in [0.3, 0.4) is 0 Å². The van der Waals surface area contributed by atoms with Crippen molar-refractivity contribution in [2.45, 2.75) is 18.9 Å². The molecule has 1 aliphatic rings. The highest BCUT2D eigenvalue weighted by Gasteiger charge is 2.20. The summed E-state index contributed by atoms with van der Waals surface area (Å²) in [6.07, 6.45) is 7.38. The number of rotatable bonds is 4. The predicted octanol–water partition coefficient (Wildman–Crippen LogP) is 1.98. The summed E-state index contributed by atoms with van der Waals surface area (Å²) in [4.78, 5) is 14.0. The number of nitrogens with one attached hydrogen (secondary N) is 1. The summed E-state index contributed by atoms with van der Waals surface area (Å²) in [5, 5.41) is 3.45. The number of carbonyl (C=O) groups excluding carboxylic acids is 1. The van der Waals surface area contributed by atoms with Gasteiger partial charge in [-0.1, -0.05) is 18.1 Å². The van der Waals surface area contributed by atoms with Crippen LogP contribution in [0, 0.1) is 12.3 Å². The van der Waals surface area contributed by atoms with Crippen LogP contribution in [-0.4, -0.2) is 43.7 Å². The van der Waals surface area contributed by atoms with Crippen LogP contribution in [0.2, 0.25) is 0 Å². The van der Waals surface area contributed by atoms with Crippen molar-refractivity contribution in [3.05, 3.63) is 29.8 Å². The van der Waals surface area contributed by atoms with Gasteiger partial charge < -0.3 is 10.1 Å². The molecule has 0 atom stereocenters. The average molecular weight is 272 g/mol. The number of benzene rings is 1. The molecule has 1 aromatic rings. The van der Waals surface area contributed by atoms with Crippen molar-refractivity contribution in [2.24, 2.45) is 0 Å². The van der Waals surface area contributed by atoms with Crippen LogP contribution in [0.1, 0.15) is 23.2 Å². The van der Waals surface area contributed by atoms with Gasteiger partial charge in [-0.3, -0.25) is 4.90 Å². The monoisotopic (exact) mass is 272 g/mol. The Kier molecular flexibility index (Phi) is 5.03. The van der Waals surface area contributed by atoms with Crippen LogP contribution in [-0.2, 0) is 4.74 Å². The van der Waals surface area contributed by atoms with Crippen molar-refractivity contribution >= 4 is 11.7 Å². The molecule has 0 amide bonds. The number of ether oxygens (including phenoxy) is 1. The van der Waals surface area contributed by atoms with Crippen molar-refractivity contribution in [1.29, 1.82) is 0 Å². The molecule has 0 saturated carbocycles. The van der Waals surface area contributed by atoms with Crippen molar-refractivity contribution in [3.8, 4) is 12.3 Å². The van der Waals surface area contributed by atoms with E-state index in [9.17, 15) is 4.79 Å². The summed E-state index contributed by atoms with van der Waals surface area (Å²) in [7, 11) is 1.40. The lowest BCUT2D eigenvalue weighted by molar-refractivity contribution is 0.0601. The van der Waals surface area contributed by atoms with Crippen LogP contribution in [0.5, 0.6) is 0 Å². The van der Waals surface area contributed by atoms with E-state index in [-0.39, 0.29) is 5.97 Å². The third kappa shape index (κ3) is 3.52. The van der Waals surface area contributed by atoms with E-state index in [0.717, 1.165) is 31.6 Å². The molecule has 1 aromatic carbocycles. The molecule has 1 N–H and O–H groups in total. The van der Waals surface area contributed by atoms with E-state index in [1.54, 1.807) is 6.07 Å². The van der Waals surface area contributed by atoms with E-state index < -0.39 is 0 Å². The third-order valence-corrected chi connectivity index (χ3v) is 3.59. The first-order chi connectivity index (χ1) is 9.74. The van der Waals surface area contributed by atoms with Gasteiger partial charge in [-0.2, -0.15) is 0 Å². The topological polar surface area (TPSA) is 41.6 Å². The smallest absolute Gasteiger partial charge is 0.339 e. The van der Waals surface area contributed by atoms with Crippen LogP contribution in [0.4, 0.5) is 5.69 Å². The number of anilines is 1. The fraction of sp³-hybridized carbons (Fsp3) is 0.438. The number of carbonyl (C=O) groups is 1. The largest absolute Gasteiger partial charge is 0.465 e. The zero-order valence-electron chi connectivity index (χ0n) is 11.8. The van der Waals surface area contributed by atoms with Gasteiger partial charge in [0, 0.05) is 24.8 Å². The molecule has 0 unspecified atom stereocenters. The van der Waals surface area contributed by atoms with Crippen LogP contribution < -0.4 is 5.32 Å². The molecule has 4 heteroatoms. The average Bonchev–Trinajstić information content (AvgIpc) is 2.49. The highest BCUT2D eigenvalue weighted by atomic mass is 16.5. The number of likely N-dealkylation sites (tertiary alicyclic amines) is 1. The minimum Gasteiger partial charge on any atom is -0.465 e. The molecule has 2 rings (SSSR count). The van der Waals surface area contributed by atoms with E-state index in [0.29, 0.717) is 18.2 Å². The Labute approximate surface area is 120 Å². The predicted molar refractivity (Wildman–Crippen MR) is 79.7 cm³/mol. The number of piperidine rings is 1. The van der Waals surface area contributed by atoms with E-state index in [4.69, 9.17) is 11.2 Å². The summed E-state index contributed by atoms with van der Waals surface area (Å²) in [5.74, 6) is 2.37. The SMILES string of the molecule is C#CCN1CCC(Nc2ccccc2C(=O)OC)CC1. The maximum absolute atomic E-state index is 11.7. The Morgan fingerprint density at radius 2 is 2.15 bits per heavy atom. The van der Waals surface area contributed by atoms with E-state index in [2.05, 4.69) is 16.1 Å². The van der Waals surface area contributed by atoms with Crippen LogP contribution >= 0.6 is 0 Å². The molecule has 4 nitrogen and oxygen atoms in total. The van der Waals surface area contributed by atoms with Gasteiger partial charge in [-0.25, -0.2) is 4.79 Å². The molecule has 0 aromatic heterocycles. The number of methoxy groups -OCH3 is 1. The van der Waals surface area contributed by atoms with Gasteiger partial charge in [-0.15, -0.1) is 6.42 Å². The Bertz CT molecular complexity index is 499. The summed E-state index contributed by atoms with van der Waals surface area (Å²) >= 11 is 0. The Balaban J connectivity index is 1.98. The van der Waals surface area contributed by atoms with Crippen molar-refractivity contribution in [2.75, 3.05) is 32.1 Å². The second-order valence-corrected chi connectivity index (χ2v) is 4.94. The summed E-state index contributed by atoms with van der Waals surface area (Å²) < 4.78 is 4.81. The maximum Gasteiger partial charge on any atom is 0.339 e. The molecule has 1 aliphatic heterocycles. The summed E-state index contributed by atoms with van der Waals surface area (Å²) in [6.45, 7) is 2.69. The number of nitrogens with zero attached hydrogens (tertiary/aromatic N) is 1. The molecule has 0 radical (unpaired) electrons. The first kappa shape index (κ1) is 14.4. The molecule has 1 saturated heterocycles. The number of esters is 1. The normalized spacial score (nSPS) is 16.4. The number of hydrogen-bond acceptors (Lipinski definition) is 4. The van der Waals surface area contributed by atoms with Gasteiger partial charge in [0.1, 0.15) is 0 Å². The molecular weight excluding hydrogens is 252 g/mol. The molecule has 106 valence electrons. The van der Waals surface area contributed by atoms with Gasteiger partial charge >= 0.3 is 5.97 Å². The quantitative estimate of drug-likeness (QED) is 0.672. The standard InChI is InChI=1S/C16H20N2O2/c1-3-10-18-11-8-13(9-12-18)17-15-7-5-4-6-14(15)16(19)20-2/h1,4-7,13,17H,8-12H2,2H3. The maximum atomic E-state index is 11.7. The number of hydrogen-bond donors (Lipinski definition) is 1. The zero-order valence-corrected chi connectivity index (χ0v) is 11.8. The van der Waals surface area contributed by atoms with Crippen molar-refractivity contribution < 1.29 is 9.53 Å². The fourth-order valence-corrected chi connectivity index (χ4v) is 2.48. The molecule has 0 spiro atoms. The van der Waals surface area contributed by atoms with Gasteiger partial charge in [0.15, 0.2) is 0 Å². The van der Waals surface area contributed by atoms with Crippen LogP contribution in [0.15, 0.2) is 24.3 Å². The number of para-hydroxylation sites is 1. The molecule has 20 heavy (non-hydrogen) atoms. The first-order valence-corrected chi connectivity index (χ1v) is 6.84. The minimum absolute atomic E-state index is 0.308. The molecule has 1 heterocycles. The van der Waals surface area contributed by atoms with Gasteiger partial charge in [-0.05, 0) is 25.0 Å². The van der Waals surface area contributed by atoms with Gasteiger partial charge in [0.2, 0.25) is 0 Å². The van der Waals surface area contributed by atoms with Gasteiger partial charge in [0.25, 0.3) is 0 Å². The second kappa shape index (κ2) is 6.97. The summed E-state index contributed by atoms with van der Waals surface area (Å²) in [5.41, 5.74) is 1.43. The Morgan fingerprint density at radius 3 is 2.80 bits per heavy atom. The summed E-state index contributed by atoms with van der Waals surface area (Å²) in [6, 6.07) is 7.83. The van der Waals surface area contributed by atoms with Crippen LogP contribution in [0.25, 0.3) is 0 Å². The lowest BCUT2D eigenvalue weighted by atomic mass is 10.0. The van der Waals surface area contributed by atoms with E-state index in [1.165, 1.54) is 7.11 Å². The molecule has 1 fully saturated rings. The highest BCUT2D eigenvalue weighted by molar-refractivity contribution is 5.95. The second-order valence-electron chi connectivity index (χ2n) is 4.94. The van der Waals surface area contributed by atoms with Crippen molar-refractivity contribution in [1.82, 2.24) is 4.90 Å². The highest BCUT2D eigenvalue weighted by Crippen LogP contribution is 2.20. The fourth-order valence-electron chi connectivity index (χ4n) is 2.48. The van der Waals surface area contributed by atoms with E-state index in [1.807, 2.05) is 18.2 Å². The Morgan fingerprint density at radius 1 is 1.45 bits per heavy atom. The van der Waals surface area contributed by atoms with Gasteiger partial charge in [0.05, 0.1) is 19.2 Å². The lowest BCUT2D eigenvalue weighted by Crippen LogP contribution is -2.39. The minimum atomic E-state index is -0.308. The number of terminal acetylenes is 1. The molecular formula is C16H20N2O2. The first-order valence-electron chi connectivity index (χ1n) is 6.84.